The lowest BCUT2D eigenvalue weighted by Gasteiger charge is -2.40. The lowest BCUT2D eigenvalue weighted by atomic mass is 9.80. The van der Waals surface area contributed by atoms with Crippen molar-refractivity contribution in [3.05, 3.63) is 76.9 Å². The third-order valence-electron chi connectivity index (χ3n) is 11.9. The van der Waals surface area contributed by atoms with Crippen LogP contribution in [0.3, 0.4) is 0 Å². The molecule has 14 heteroatoms. The number of amides is 4. The first-order valence-corrected chi connectivity index (χ1v) is 21.4. The molecule has 12 nitrogen and oxygen atoms in total. The van der Waals surface area contributed by atoms with E-state index < -0.39 is 35.2 Å². The fourth-order valence-corrected chi connectivity index (χ4v) is 9.20. The predicted octanol–water partition coefficient (Wildman–Crippen LogP) is 6.03. The van der Waals surface area contributed by atoms with Gasteiger partial charge in [-0.15, -0.1) is 11.3 Å². The Kier molecular flexibility index (Phi) is 13.9. The summed E-state index contributed by atoms with van der Waals surface area (Å²) >= 11 is 1.57. The lowest BCUT2D eigenvalue weighted by molar-refractivity contribution is -0.144. The largest absolute Gasteiger partial charge is 0.445 e. The maximum absolute atomic E-state index is 16.1. The van der Waals surface area contributed by atoms with Crippen molar-refractivity contribution in [3.8, 4) is 10.4 Å². The Bertz CT molecular complexity index is 1870. The topological polar surface area (TPSA) is 144 Å². The van der Waals surface area contributed by atoms with Crippen LogP contribution in [0.4, 0.5) is 9.18 Å². The molecule has 3 aliphatic heterocycles. The summed E-state index contributed by atoms with van der Waals surface area (Å²) in [7, 11) is 0. The zero-order valence-electron chi connectivity index (χ0n) is 34.4. The molecule has 0 aliphatic carbocycles. The molecule has 4 amide bonds. The fourth-order valence-electron chi connectivity index (χ4n) is 8.39. The molecular weight excluding hydrogens is 760 g/mol. The van der Waals surface area contributed by atoms with Gasteiger partial charge in [0, 0.05) is 39.1 Å². The van der Waals surface area contributed by atoms with E-state index in [4.69, 9.17) is 4.74 Å². The van der Waals surface area contributed by atoms with Crippen LogP contribution < -0.4 is 10.6 Å². The highest BCUT2D eigenvalue weighted by Gasteiger charge is 2.45. The van der Waals surface area contributed by atoms with Gasteiger partial charge in [-0.2, -0.15) is 0 Å². The van der Waals surface area contributed by atoms with E-state index in [9.17, 15) is 24.3 Å². The SMILES string of the molecule is Cc1ncsc1-c1ccc([C@H](C)NC(=O)[C@@H]2C[C@@H](O)CN2C(=O)[C@@H](NC(=O)CN2CCC(F)(CC3CCN(C(=O)OCc4ccccc4)CC3)CC2)C(C)(C)C)cc1. The summed E-state index contributed by atoms with van der Waals surface area (Å²) in [6.07, 6.45) is 1.35. The maximum atomic E-state index is 16.1. The molecule has 0 saturated carbocycles. The summed E-state index contributed by atoms with van der Waals surface area (Å²) in [5, 5.41) is 16.6. The van der Waals surface area contributed by atoms with Crippen molar-refractivity contribution in [2.45, 2.75) is 110 Å². The highest BCUT2D eigenvalue weighted by atomic mass is 32.1. The normalized spacial score (nSPS) is 21.3. The van der Waals surface area contributed by atoms with Crippen molar-refractivity contribution in [1.29, 1.82) is 0 Å². The molecule has 4 atom stereocenters. The number of alkyl halides is 1. The number of rotatable bonds is 12. The molecule has 4 heterocycles. The van der Waals surface area contributed by atoms with Crippen LogP contribution >= 0.6 is 11.3 Å². The number of aliphatic hydroxyl groups is 1. The molecule has 2 aromatic carbocycles. The number of halogens is 1. The van der Waals surface area contributed by atoms with Crippen LogP contribution in [0.5, 0.6) is 0 Å². The summed E-state index contributed by atoms with van der Waals surface area (Å²) < 4.78 is 21.6. The molecule has 3 fully saturated rings. The Morgan fingerprint density at radius 3 is 2.29 bits per heavy atom. The summed E-state index contributed by atoms with van der Waals surface area (Å²) in [5.74, 6) is -0.974. The molecule has 0 unspecified atom stereocenters. The number of carbonyl (C=O) groups excluding carboxylic acids is 4. The molecule has 3 saturated heterocycles. The number of carbonyl (C=O) groups is 4. The van der Waals surface area contributed by atoms with E-state index in [-0.39, 0.29) is 56.0 Å². The quantitative estimate of drug-likeness (QED) is 0.201. The van der Waals surface area contributed by atoms with Crippen LogP contribution in [0.2, 0.25) is 0 Å². The predicted molar refractivity (Wildman–Crippen MR) is 221 cm³/mol. The van der Waals surface area contributed by atoms with Gasteiger partial charge in [-0.05, 0) is 74.0 Å². The van der Waals surface area contributed by atoms with Gasteiger partial charge in [0.2, 0.25) is 17.7 Å². The van der Waals surface area contributed by atoms with Gasteiger partial charge in [-0.3, -0.25) is 19.3 Å². The number of aromatic nitrogens is 1. The van der Waals surface area contributed by atoms with E-state index in [0.29, 0.717) is 45.4 Å². The zero-order chi connectivity index (χ0) is 41.6. The second-order valence-corrected chi connectivity index (χ2v) is 18.3. The Morgan fingerprint density at radius 2 is 1.67 bits per heavy atom. The van der Waals surface area contributed by atoms with Crippen molar-refractivity contribution >= 4 is 35.2 Å². The molecule has 314 valence electrons. The van der Waals surface area contributed by atoms with Crippen molar-refractivity contribution < 1.29 is 33.4 Å². The van der Waals surface area contributed by atoms with Gasteiger partial charge in [-0.25, -0.2) is 14.2 Å². The Hall–Kier alpha value is -4.40. The fraction of sp³-hybridized carbons (Fsp3) is 0.568. The Morgan fingerprint density at radius 1 is 1.00 bits per heavy atom. The second-order valence-electron chi connectivity index (χ2n) is 17.5. The van der Waals surface area contributed by atoms with Crippen molar-refractivity contribution in [2.24, 2.45) is 11.3 Å². The van der Waals surface area contributed by atoms with Crippen LogP contribution in [0.25, 0.3) is 10.4 Å². The molecular formula is C44H59FN6O6S. The summed E-state index contributed by atoms with van der Waals surface area (Å²) in [6.45, 7) is 11.5. The minimum Gasteiger partial charge on any atom is -0.445 e. The molecule has 58 heavy (non-hydrogen) atoms. The van der Waals surface area contributed by atoms with E-state index in [1.807, 2.05) is 99.6 Å². The van der Waals surface area contributed by atoms with E-state index in [0.717, 1.165) is 40.1 Å². The van der Waals surface area contributed by atoms with E-state index in [2.05, 4.69) is 15.6 Å². The van der Waals surface area contributed by atoms with Gasteiger partial charge in [0.15, 0.2) is 0 Å². The maximum Gasteiger partial charge on any atom is 0.410 e. The van der Waals surface area contributed by atoms with E-state index >= 15 is 4.39 Å². The van der Waals surface area contributed by atoms with Gasteiger partial charge in [0.05, 0.1) is 34.8 Å². The number of nitrogens with zero attached hydrogens (tertiary/aromatic N) is 4. The van der Waals surface area contributed by atoms with Crippen molar-refractivity contribution in [2.75, 3.05) is 39.3 Å². The smallest absolute Gasteiger partial charge is 0.410 e. The average Bonchev–Trinajstić information content (AvgIpc) is 3.82. The molecule has 3 aliphatic rings. The first-order chi connectivity index (χ1) is 27.6. The second kappa shape index (κ2) is 18.7. The Labute approximate surface area is 345 Å². The van der Waals surface area contributed by atoms with Gasteiger partial charge >= 0.3 is 6.09 Å². The van der Waals surface area contributed by atoms with Crippen LogP contribution in [-0.2, 0) is 25.7 Å². The number of β-amino-alcohol motifs (C(OH)–C–C–N with tert-alkyl or cyclic N) is 1. The molecule has 0 bridgehead atoms. The number of piperidine rings is 2. The summed E-state index contributed by atoms with van der Waals surface area (Å²) in [4.78, 5) is 64.4. The highest BCUT2D eigenvalue weighted by Crippen LogP contribution is 2.37. The summed E-state index contributed by atoms with van der Waals surface area (Å²) in [5.41, 5.74) is 3.62. The molecule has 6 rings (SSSR count). The Balaban J connectivity index is 0.964. The minimum atomic E-state index is -1.34. The average molecular weight is 819 g/mol. The van der Waals surface area contributed by atoms with Crippen LogP contribution in [-0.4, -0.2) is 112 Å². The van der Waals surface area contributed by atoms with E-state index in [1.165, 1.54) is 4.90 Å². The van der Waals surface area contributed by atoms with Gasteiger partial charge in [-0.1, -0.05) is 75.4 Å². The molecule has 3 N–H and O–H groups in total. The van der Waals surface area contributed by atoms with Gasteiger partial charge in [0.25, 0.3) is 0 Å². The number of nitrogens with one attached hydrogen (secondary N) is 2. The van der Waals surface area contributed by atoms with E-state index in [1.54, 1.807) is 16.2 Å². The van der Waals surface area contributed by atoms with Crippen LogP contribution in [0.1, 0.15) is 89.1 Å². The number of ether oxygens (including phenoxy) is 1. The van der Waals surface area contributed by atoms with Crippen molar-refractivity contribution in [3.63, 3.8) is 0 Å². The summed E-state index contributed by atoms with van der Waals surface area (Å²) in [6, 6.07) is 15.3. The third kappa shape index (κ3) is 11.0. The first-order valence-electron chi connectivity index (χ1n) is 20.5. The minimum absolute atomic E-state index is 0.0152. The molecule has 3 aromatic rings. The third-order valence-corrected chi connectivity index (χ3v) is 12.9. The highest BCUT2D eigenvalue weighted by molar-refractivity contribution is 7.13. The molecule has 1 aromatic heterocycles. The number of aliphatic hydroxyl groups excluding tert-OH is 1. The van der Waals surface area contributed by atoms with Gasteiger partial charge in [0.1, 0.15) is 24.4 Å². The first kappa shape index (κ1) is 43.2. The number of thiazole rings is 1. The number of aryl methyl sites for hydroxylation is 1. The van der Waals surface area contributed by atoms with Crippen LogP contribution in [0.15, 0.2) is 60.1 Å². The number of hydrogen-bond acceptors (Lipinski definition) is 9. The monoisotopic (exact) mass is 818 g/mol. The molecule has 0 radical (unpaired) electrons. The standard InChI is InChI=1S/C44H59FN6O6S/c1-29(33-11-13-34(14-12-33)38-30(2)46-28-58-38)47-40(54)36-23-35(52)25-51(36)41(55)39(43(3,4)5)48-37(53)26-49-21-17-44(45,18-22-49)24-31-15-19-50(20-16-31)42(56)57-27-32-9-7-6-8-10-32/h6-14,28-29,31,35-36,39,52H,15-27H2,1-5H3,(H,47,54)(H,48,53)/t29-,35+,36-,39+/m0/s1. The number of benzene rings is 2. The lowest BCUT2D eigenvalue weighted by Crippen LogP contribution is -2.59. The van der Waals surface area contributed by atoms with Crippen molar-refractivity contribution in [1.82, 2.24) is 30.3 Å². The van der Waals surface area contributed by atoms with Gasteiger partial charge < -0.3 is 30.3 Å². The zero-order valence-corrected chi connectivity index (χ0v) is 35.2. The van der Waals surface area contributed by atoms with Crippen LogP contribution in [0, 0.1) is 18.3 Å². The molecule has 0 spiro atoms. The number of hydrogen-bond donors (Lipinski definition) is 3. The number of likely N-dealkylation sites (tertiary alicyclic amines) is 3.